The molecule has 1 aromatic carbocycles. The van der Waals surface area contributed by atoms with Gasteiger partial charge in [-0.25, -0.2) is 9.78 Å². The highest BCUT2D eigenvalue weighted by atomic mass is 79.9. The molecule has 0 atom stereocenters. The van der Waals surface area contributed by atoms with Gasteiger partial charge < -0.3 is 31.5 Å². The van der Waals surface area contributed by atoms with Crippen LogP contribution >= 0.6 is 15.9 Å². The first kappa shape index (κ1) is 25.2. The number of hydrogen-bond donors (Lipinski definition) is 5. The van der Waals surface area contributed by atoms with Crippen LogP contribution in [0.2, 0.25) is 0 Å². The second-order valence-electron chi connectivity index (χ2n) is 8.82. The number of benzene rings is 1. The summed E-state index contributed by atoms with van der Waals surface area (Å²) in [6.45, 7) is 4.72. The third-order valence-electron chi connectivity index (χ3n) is 6.16. The second-order valence-corrected chi connectivity index (χ2v) is 9.67. The maximum atomic E-state index is 12.4. The Labute approximate surface area is 214 Å². The molecular weight excluding hydrogens is 512 g/mol. The number of amides is 3. The maximum absolute atomic E-state index is 12.4. The molecule has 2 aliphatic rings. The number of urea groups is 1. The summed E-state index contributed by atoms with van der Waals surface area (Å²) < 4.78 is 0.758. The Morgan fingerprint density at radius 3 is 2.69 bits per heavy atom. The summed E-state index contributed by atoms with van der Waals surface area (Å²) in [4.78, 5) is 35.3. The van der Waals surface area contributed by atoms with Gasteiger partial charge in [0.1, 0.15) is 5.82 Å². The van der Waals surface area contributed by atoms with Crippen molar-refractivity contribution in [3.8, 4) is 0 Å². The fraction of sp³-hybridized carbons (Fsp3) is 0.500. The van der Waals surface area contributed by atoms with E-state index in [1.807, 2.05) is 29.2 Å². The van der Waals surface area contributed by atoms with Crippen molar-refractivity contribution in [2.75, 3.05) is 55.2 Å². The summed E-state index contributed by atoms with van der Waals surface area (Å²) in [5.41, 5.74) is 1.49. The largest absolute Gasteiger partial charge is 0.369 e. The van der Waals surface area contributed by atoms with E-state index in [-0.39, 0.29) is 17.9 Å². The van der Waals surface area contributed by atoms with Gasteiger partial charge in [-0.2, -0.15) is 4.98 Å². The van der Waals surface area contributed by atoms with Gasteiger partial charge in [-0.05, 0) is 79.3 Å². The molecule has 0 aliphatic carbocycles. The molecule has 0 spiro atoms. The maximum Gasteiger partial charge on any atom is 0.321 e. The molecule has 2 aromatic rings. The lowest BCUT2D eigenvalue weighted by atomic mass is 9.97. The number of rotatable bonds is 9. The van der Waals surface area contributed by atoms with Gasteiger partial charge in [0.2, 0.25) is 11.9 Å². The van der Waals surface area contributed by atoms with Gasteiger partial charge in [0.25, 0.3) is 0 Å². The molecule has 4 rings (SSSR count). The van der Waals surface area contributed by atoms with Crippen LogP contribution in [-0.2, 0) is 4.79 Å². The number of nitrogens with zero attached hydrogens (tertiary/aromatic N) is 3. The summed E-state index contributed by atoms with van der Waals surface area (Å²) in [7, 11) is 0. The Morgan fingerprint density at radius 1 is 1.11 bits per heavy atom. The van der Waals surface area contributed by atoms with Crippen LogP contribution in [0.4, 0.5) is 27.9 Å². The van der Waals surface area contributed by atoms with Gasteiger partial charge >= 0.3 is 6.03 Å². The number of halogens is 1. The van der Waals surface area contributed by atoms with Gasteiger partial charge in [0.05, 0.1) is 4.47 Å². The fourth-order valence-corrected chi connectivity index (χ4v) is 4.54. The third kappa shape index (κ3) is 7.53. The molecule has 3 heterocycles. The number of nitrogens with one attached hydrogen (secondary N) is 5. The number of anilines is 4. The Morgan fingerprint density at radius 2 is 1.89 bits per heavy atom. The lowest BCUT2D eigenvalue weighted by Gasteiger charge is -2.21. The Kier molecular flexibility index (Phi) is 9.13. The first-order valence-corrected chi connectivity index (χ1v) is 13.1. The molecule has 11 heteroatoms. The van der Waals surface area contributed by atoms with Gasteiger partial charge in [-0.1, -0.05) is 6.07 Å². The first-order valence-electron chi connectivity index (χ1n) is 12.3. The molecular formula is C24H33BrN8O2. The minimum Gasteiger partial charge on any atom is -0.369 e. The number of hydrogen-bond acceptors (Lipinski definition) is 7. The summed E-state index contributed by atoms with van der Waals surface area (Å²) in [6.07, 6.45) is 6.39. The number of carbonyl (C=O) groups is 2. The van der Waals surface area contributed by atoms with E-state index in [2.05, 4.69) is 52.5 Å². The third-order valence-corrected chi connectivity index (χ3v) is 6.74. The Hall–Kier alpha value is -2.92. The van der Waals surface area contributed by atoms with Crippen LogP contribution in [0.5, 0.6) is 0 Å². The molecule has 0 unspecified atom stereocenters. The van der Waals surface area contributed by atoms with E-state index in [0.717, 1.165) is 68.4 Å². The summed E-state index contributed by atoms with van der Waals surface area (Å²) >= 11 is 3.49. The topological polar surface area (TPSA) is 123 Å². The average molecular weight is 545 g/mol. The smallest absolute Gasteiger partial charge is 0.321 e. The molecule has 35 heavy (non-hydrogen) atoms. The van der Waals surface area contributed by atoms with E-state index in [1.165, 1.54) is 0 Å². The van der Waals surface area contributed by atoms with Crippen molar-refractivity contribution in [2.45, 2.75) is 32.1 Å². The van der Waals surface area contributed by atoms with Crippen molar-refractivity contribution in [3.05, 3.63) is 34.9 Å². The highest BCUT2D eigenvalue weighted by molar-refractivity contribution is 9.10. The summed E-state index contributed by atoms with van der Waals surface area (Å²) in [6, 6.07) is 7.42. The molecule has 2 fully saturated rings. The minimum atomic E-state index is -0.0713. The number of piperidine rings is 1. The molecule has 5 N–H and O–H groups in total. The molecule has 0 radical (unpaired) electrons. The van der Waals surface area contributed by atoms with Crippen molar-refractivity contribution >= 4 is 51.0 Å². The predicted molar refractivity (Wildman–Crippen MR) is 141 cm³/mol. The second kappa shape index (κ2) is 12.7. The van der Waals surface area contributed by atoms with Crippen LogP contribution in [0.1, 0.15) is 32.1 Å². The normalized spacial score (nSPS) is 16.1. The highest BCUT2D eigenvalue weighted by Gasteiger charge is 2.20. The van der Waals surface area contributed by atoms with Crippen LogP contribution < -0.4 is 26.6 Å². The molecule has 2 aliphatic heterocycles. The lowest BCUT2D eigenvalue weighted by molar-refractivity contribution is -0.125. The fourth-order valence-electron chi connectivity index (χ4n) is 4.21. The van der Waals surface area contributed by atoms with Crippen LogP contribution in [0.15, 0.2) is 34.9 Å². The quantitative estimate of drug-likeness (QED) is 0.306. The SMILES string of the molecule is O=C(NCCCNc1nc(Nc2cccc(NC(=O)N3CCCC3)c2)ncc1Br)C1CCNCC1. The van der Waals surface area contributed by atoms with Gasteiger partial charge in [-0.15, -0.1) is 0 Å². The minimum absolute atomic E-state index is 0.0713. The van der Waals surface area contributed by atoms with Crippen molar-refractivity contribution in [3.63, 3.8) is 0 Å². The van der Waals surface area contributed by atoms with Crippen molar-refractivity contribution in [1.29, 1.82) is 0 Å². The highest BCUT2D eigenvalue weighted by Crippen LogP contribution is 2.23. The van der Waals surface area contributed by atoms with Crippen LogP contribution in [0.25, 0.3) is 0 Å². The number of carbonyl (C=O) groups excluding carboxylic acids is 2. The molecule has 3 amide bonds. The van der Waals surface area contributed by atoms with Crippen LogP contribution in [0.3, 0.4) is 0 Å². The summed E-state index contributed by atoms with van der Waals surface area (Å²) in [5.74, 6) is 1.39. The van der Waals surface area contributed by atoms with Crippen molar-refractivity contribution in [1.82, 2.24) is 25.5 Å². The predicted octanol–water partition coefficient (Wildman–Crippen LogP) is 3.53. The lowest BCUT2D eigenvalue weighted by Crippen LogP contribution is -2.38. The van der Waals surface area contributed by atoms with Crippen LogP contribution in [-0.4, -0.2) is 66.1 Å². The average Bonchev–Trinajstić information content (AvgIpc) is 3.42. The van der Waals surface area contributed by atoms with E-state index in [9.17, 15) is 9.59 Å². The summed E-state index contributed by atoms with van der Waals surface area (Å²) in [5, 5.41) is 15.8. The molecule has 0 bridgehead atoms. The zero-order valence-corrected chi connectivity index (χ0v) is 21.4. The van der Waals surface area contributed by atoms with Crippen LogP contribution in [0, 0.1) is 5.92 Å². The molecule has 0 saturated carbocycles. The van der Waals surface area contributed by atoms with Crippen molar-refractivity contribution < 1.29 is 9.59 Å². The van der Waals surface area contributed by atoms with E-state index in [0.29, 0.717) is 30.5 Å². The Balaban J connectivity index is 1.25. The molecule has 188 valence electrons. The van der Waals surface area contributed by atoms with E-state index in [1.54, 1.807) is 6.20 Å². The molecule has 1 aromatic heterocycles. The zero-order chi connectivity index (χ0) is 24.5. The standard InChI is InChI=1S/C24H33BrN8O2/c25-20-16-29-23(30-18-5-3-6-19(15-18)31-24(35)33-13-1-2-14-33)32-21(20)27-9-4-10-28-22(34)17-7-11-26-12-8-17/h3,5-6,15-17,26H,1-2,4,7-14H2,(H,28,34)(H,31,35)(H2,27,29,30,32). The van der Waals surface area contributed by atoms with Gasteiger partial charge in [0.15, 0.2) is 0 Å². The van der Waals surface area contributed by atoms with E-state index < -0.39 is 0 Å². The molecule has 10 nitrogen and oxygen atoms in total. The number of aromatic nitrogens is 2. The van der Waals surface area contributed by atoms with E-state index >= 15 is 0 Å². The van der Waals surface area contributed by atoms with Crippen molar-refractivity contribution in [2.24, 2.45) is 5.92 Å². The monoisotopic (exact) mass is 544 g/mol. The van der Waals surface area contributed by atoms with E-state index in [4.69, 9.17) is 0 Å². The first-order chi connectivity index (χ1) is 17.1. The van der Waals surface area contributed by atoms with Gasteiger partial charge in [0, 0.05) is 49.7 Å². The number of likely N-dealkylation sites (tertiary alicyclic amines) is 1. The van der Waals surface area contributed by atoms with Gasteiger partial charge in [-0.3, -0.25) is 4.79 Å². The Bertz CT molecular complexity index is 1010. The molecule has 2 saturated heterocycles. The zero-order valence-electron chi connectivity index (χ0n) is 19.8.